The van der Waals surface area contributed by atoms with Crippen molar-refractivity contribution in [2.75, 3.05) is 39.4 Å². The molecule has 0 aromatic rings. The highest BCUT2D eigenvalue weighted by molar-refractivity contribution is 4.81. The Morgan fingerprint density at radius 3 is 2.17 bits per heavy atom. The van der Waals surface area contributed by atoms with Crippen LogP contribution in [0.2, 0.25) is 0 Å². The van der Waals surface area contributed by atoms with Crippen molar-refractivity contribution in [2.24, 2.45) is 16.7 Å². The summed E-state index contributed by atoms with van der Waals surface area (Å²) in [6.45, 7) is 17.4. The van der Waals surface area contributed by atoms with Gasteiger partial charge < -0.3 is 15.4 Å². The molecule has 2 N–H and O–H groups in total. The third-order valence-corrected chi connectivity index (χ3v) is 4.16. The molecule has 0 bridgehead atoms. The number of hydrogen-bond acceptors (Lipinski definition) is 3. The maximum absolute atomic E-state index is 6.02. The lowest BCUT2D eigenvalue weighted by Gasteiger charge is -2.36. The van der Waals surface area contributed by atoms with Crippen LogP contribution in [-0.4, -0.2) is 39.4 Å². The second-order valence-electron chi connectivity index (χ2n) is 7.17. The van der Waals surface area contributed by atoms with E-state index in [0.29, 0.717) is 5.92 Å². The van der Waals surface area contributed by atoms with Crippen LogP contribution in [0.15, 0.2) is 0 Å². The minimum atomic E-state index is 0.227. The van der Waals surface area contributed by atoms with Crippen molar-refractivity contribution in [1.29, 1.82) is 0 Å². The lowest BCUT2D eigenvalue weighted by Crippen LogP contribution is -2.43. The minimum absolute atomic E-state index is 0.227. The van der Waals surface area contributed by atoms with Crippen LogP contribution in [0, 0.1) is 16.7 Å². The molecular weight excluding hydrogens is 224 g/mol. The average molecular weight is 256 g/mol. The Kier molecular flexibility index (Phi) is 6.09. The Labute approximate surface area is 113 Å². The van der Waals surface area contributed by atoms with Gasteiger partial charge in [-0.1, -0.05) is 34.6 Å². The summed E-state index contributed by atoms with van der Waals surface area (Å²) in [4.78, 5) is 0. The van der Waals surface area contributed by atoms with Gasteiger partial charge in [0.05, 0.1) is 13.2 Å². The van der Waals surface area contributed by atoms with E-state index in [9.17, 15) is 0 Å². The van der Waals surface area contributed by atoms with Crippen molar-refractivity contribution in [2.45, 2.75) is 41.0 Å². The maximum Gasteiger partial charge on any atom is 0.0534 e. The van der Waals surface area contributed by atoms with Gasteiger partial charge in [-0.3, -0.25) is 0 Å². The number of nitrogens with one attached hydrogen (secondary N) is 2. The minimum Gasteiger partial charge on any atom is -0.380 e. The van der Waals surface area contributed by atoms with E-state index in [-0.39, 0.29) is 10.8 Å². The van der Waals surface area contributed by atoms with Gasteiger partial charge >= 0.3 is 0 Å². The topological polar surface area (TPSA) is 33.3 Å². The monoisotopic (exact) mass is 256 g/mol. The van der Waals surface area contributed by atoms with Gasteiger partial charge in [-0.25, -0.2) is 0 Å². The SMILES string of the molecule is CC(C)C1(C)CNCCCNCC(C)(C)COC1. The van der Waals surface area contributed by atoms with E-state index in [1.54, 1.807) is 0 Å². The largest absolute Gasteiger partial charge is 0.380 e. The molecule has 1 aliphatic rings. The fraction of sp³-hybridized carbons (Fsp3) is 1.00. The molecule has 0 radical (unpaired) electrons. The predicted octanol–water partition coefficient (Wildman–Crippen LogP) is 2.27. The van der Waals surface area contributed by atoms with Crippen molar-refractivity contribution < 1.29 is 4.74 Å². The third-order valence-electron chi connectivity index (χ3n) is 4.16. The fourth-order valence-electron chi connectivity index (χ4n) is 2.17. The Morgan fingerprint density at radius 2 is 1.56 bits per heavy atom. The van der Waals surface area contributed by atoms with E-state index in [4.69, 9.17) is 4.74 Å². The molecule has 18 heavy (non-hydrogen) atoms. The van der Waals surface area contributed by atoms with Crippen LogP contribution in [0.1, 0.15) is 41.0 Å². The van der Waals surface area contributed by atoms with Crippen molar-refractivity contribution in [3.63, 3.8) is 0 Å². The molecule has 1 aliphatic heterocycles. The summed E-state index contributed by atoms with van der Waals surface area (Å²) in [7, 11) is 0. The highest BCUT2D eigenvalue weighted by Gasteiger charge is 2.29. The molecule has 1 saturated heterocycles. The van der Waals surface area contributed by atoms with Crippen molar-refractivity contribution >= 4 is 0 Å². The Morgan fingerprint density at radius 1 is 0.944 bits per heavy atom. The molecule has 3 nitrogen and oxygen atoms in total. The van der Waals surface area contributed by atoms with Crippen LogP contribution in [0.25, 0.3) is 0 Å². The summed E-state index contributed by atoms with van der Waals surface area (Å²) in [6.07, 6.45) is 1.20. The van der Waals surface area contributed by atoms with Gasteiger partial charge in [-0.15, -0.1) is 0 Å². The zero-order valence-electron chi connectivity index (χ0n) is 12.9. The highest BCUT2D eigenvalue weighted by atomic mass is 16.5. The van der Waals surface area contributed by atoms with Crippen LogP contribution < -0.4 is 10.6 Å². The van der Waals surface area contributed by atoms with E-state index in [1.807, 2.05) is 0 Å². The van der Waals surface area contributed by atoms with Gasteiger partial charge in [0.15, 0.2) is 0 Å². The fourth-order valence-corrected chi connectivity index (χ4v) is 2.17. The van der Waals surface area contributed by atoms with Gasteiger partial charge in [0, 0.05) is 23.9 Å². The average Bonchev–Trinajstić information content (AvgIpc) is 2.25. The Hall–Kier alpha value is -0.120. The molecule has 3 heteroatoms. The molecule has 1 atom stereocenters. The molecule has 1 rings (SSSR count). The standard InChI is InChI=1S/C15H32N2O/c1-13(2)15(5)10-17-8-6-7-16-9-14(3,4)11-18-12-15/h13,16-17H,6-12H2,1-5H3. The summed E-state index contributed by atoms with van der Waals surface area (Å²) in [6, 6.07) is 0. The molecule has 0 saturated carbocycles. The first-order valence-electron chi connectivity index (χ1n) is 7.35. The summed E-state index contributed by atoms with van der Waals surface area (Å²) in [5.41, 5.74) is 0.465. The molecule has 108 valence electrons. The highest BCUT2D eigenvalue weighted by Crippen LogP contribution is 2.27. The summed E-state index contributed by atoms with van der Waals surface area (Å²) >= 11 is 0. The lowest BCUT2D eigenvalue weighted by molar-refractivity contribution is -0.00939. The summed E-state index contributed by atoms with van der Waals surface area (Å²) < 4.78 is 6.02. The molecule has 0 aromatic heterocycles. The van der Waals surface area contributed by atoms with E-state index in [2.05, 4.69) is 45.3 Å². The number of rotatable bonds is 1. The molecule has 1 heterocycles. The van der Waals surface area contributed by atoms with Crippen LogP contribution in [-0.2, 0) is 4.74 Å². The van der Waals surface area contributed by atoms with Crippen molar-refractivity contribution in [1.82, 2.24) is 10.6 Å². The third kappa shape index (κ3) is 5.25. The van der Waals surface area contributed by atoms with E-state index < -0.39 is 0 Å². The number of hydrogen-bond donors (Lipinski definition) is 2. The molecule has 1 fully saturated rings. The van der Waals surface area contributed by atoms with E-state index in [0.717, 1.165) is 39.4 Å². The van der Waals surface area contributed by atoms with Gasteiger partial charge in [0.1, 0.15) is 0 Å². The van der Waals surface area contributed by atoms with Crippen LogP contribution >= 0.6 is 0 Å². The first kappa shape index (κ1) is 15.9. The van der Waals surface area contributed by atoms with Crippen LogP contribution in [0.4, 0.5) is 0 Å². The van der Waals surface area contributed by atoms with E-state index >= 15 is 0 Å². The molecular formula is C15H32N2O. The summed E-state index contributed by atoms with van der Waals surface area (Å²) in [5, 5.41) is 7.09. The summed E-state index contributed by atoms with van der Waals surface area (Å²) in [5.74, 6) is 0.633. The number of ether oxygens (including phenoxy) is 1. The normalized spacial score (nSPS) is 31.7. The maximum atomic E-state index is 6.02. The Bertz CT molecular complexity index is 241. The van der Waals surface area contributed by atoms with Gasteiger partial charge in [0.25, 0.3) is 0 Å². The molecule has 0 amide bonds. The second kappa shape index (κ2) is 6.88. The molecule has 0 aromatic carbocycles. The molecule has 0 spiro atoms. The zero-order chi connectivity index (χ0) is 13.6. The lowest BCUT2D eigenvalue weighted by atomic mass is 9.79. The van der Waals surface area contributed by atoms with Crippen molar-refractivity contribution in [3.05, 3.63) is 0 Å². The van der Waals surface area contributed by atoms with Crippen molar-refractivity contribution in [3.8, 4) is 0 Å². The van der Waals surface area contributed by atoms with Gasteiger partial charge in [0.2, 0.25) is 0 Å². The first-order chi connectivity index (χ1) is 8.36. The zero-order valence-corrected chi connectivity index (χ0v) is 12.9. The van der Waals surface area contributed by atoms with Crippen LogP contribution in [0.5, 0.6) is 0 Å². The van der Waals surface area contributed by atoms with Crippen LogP contribution in [0.3, 0.4) is 0 Å². The quantitative estimate of drug-likeness (QED) is 0.755. The predicted molar refractivity (Wildman–Crippen MR) is 77.9 cm³/mol. The van der Waals surface area contributed by atoms with Gasteiger partial charge in [-0.2, -0.15) is 0 Å². The molecule has 1 unspecified atom stereocenters. The molecule has 0 aliphatic carbocycles. The van der Waals surface area contributed by atoms with Gasteiger partial charge in [-0.05, 0) is 25.4 Å². The second-order valence-corrected chi connectivity index (χ2v) is 7.17. The Balaban J connectivity index is 2.58. The smallest absolute Gasteiger partial charge is 0.0534 e. The first-order valence-corrected chi connectivity index (χ1v) is 7.35. The van der Waals surface area contributed by atoms with E-state index in [1.165, 1.54) is 6.42 Å².